The molecule has 15 heavy (non-hydrogen) atoms. The van der Waals surface area contributed by atoms with E-state index in [1.54, 1.807) is 0 Å². The third-order valence-electron chi connectivity index (χ3n) is 2.88. The lowest BCUT2D eigenvalue weighted by atomic mass is 10.1. The van der Waals surface area contributed by atoms with Crippen LogP contribution >= 0.6 is 0 Å². The number of Topliss-reactive ketones (excluding diaryl/α,β-unsaturated/α-hetero) is 1. The van der Waals surface area contributed by atoms with Crippen LogP contribution < -0.4 is 0 Å². The van der Waals surface area contributed by atoms with Gasteiger partial charge in [0.05, 0.1) is 0 Å². The molecular weight excluding hydrogens is 190 g/mol. The standard InChI is InChI=1S/C12H23NO2/c1-2-15-11-5-3-4-8-13-9-6-12(14)7-10-13/h2-11H2,1H3. The number of carbonyl (C=O) groups is 1. The molecule has 1 rings (SSSR count). The predicted octanol–water partition coefficient (Wildman–Crippen LogP) is 1.86. The number of piperidine rings is 1. The first kappa shape index (κ1) is 12.7. The minimum atomic E-state index is 0.433. The maximum absolute atomic E-state index is 11.0. The molecule has 0 aromatic rings. The number of ether oxygens (including phenoxy) is 1. The van der Waals surface area contributed by atoms with Crippen molar-refractivity contribution in [3.63, 3.8) is 0 Å². The van der Waals surface area contributed by atoms with E-state index in [9.17, 15) is 4.79 Å². The average Bonchev–Trinajstić information content (AvgIpc) is 2.26. The Bertz CT molecular complexity index is 172. The highest BCUT2D eigenvalue weighted by Gasteiger charge is 2.14. The third-order valence-corrected chi connectivity index (χ3v) is 2.88. The molecule has 0 aliphatic carbocycles. The zero-order valence-corrected chi connectivity index (χ0v) is 9.83. The van der Waals surface area contributed by atoms with Gasteiger partial charge in [-0.1, -0.05) is 0 Å². The van der Waals surface area contributed by atoms with Gasteiger partial charge in [0, 0.05) is 39.1 Å². The Morgan fingerprint density at radius 3 is 2.60 bits per heavy atom. The molecule has 0 aromatic heterocycles. The van der Waals surface area contributed by atoms with Gasteiger partial charge in [0.15, 0.2) is 0 Å². The van der Waals surface area contributed by atoms with Crippen molar-refractivity contribution in [3.8, 4) is 0 Å². The first-order valence-electron chi connectivity index (χ1n) is 6.14. The number of hydrogen-bond acceptors (Lipinski definition) is 3. The SMILES string of the molecule is CCOCCCCCN1CCC(=O)CC1. The highest BCUT2D eigenvalue weighted by Crippen LogP contribution is 2.07. The summed E-state index contributed by atoms with van der Waals surface area (Å²) >= 11 is 0. The van der Waals surface area contributed by atoms with E-state index in [4.69, 9.17) is 4.74 Å². The van der Waals surface area contributed by atoms with E-state index in [1.165, 1.54) is 19.3 Å². The van der Waals surface area contributed by atoms with Crippen LogP contribution in [0.25, 0.3) is 0 Å². The highest BCUT2D eigenvalue weighted by molar-refractivity contribution is 5.79. The summed E-state index contributed by atoms with van der Waals surface area (Å²) in [6, 6.07) is 0. The minimum Gasteiger partial charge on any atom is -0.382 e. The van der Waals surface area contributed by atoms with Crippen LogP contribution in [-0.4, -0.2) is 43.5 Å². The normalized spacial score (nSPS) is 18.3. The van der Waals surface area contributed by atoms with Gasteiger partial charge in [-0.05, 0) is 32.7 Å². The number of nitrogens with zero attached hydrogens (tertiary/aromatic N) is 1. The average molecular weight is 213 g/mol. The fraction of sp³-hybridized carbons (Fsp3) is 0.917. The highest BCUT2D eigenvalue weighted by atomic mass is 16.5. The van der Waals surface area contributed by atoms with Gasteiger partial charge in [-0.2, -0.15) is 0 Å². The number of ketones is 1. The summed E-state index contributed by atoms with van der Waals surface area (Å²) in [5.41, 5.74) is 0. The van der Waals surface area contributed by atoms with Crippen LogP contribution in [0.4, 0.5) is 0 Å². The monoisotopic (exact) mass is 213 g/mol. The Morgan fingerprint density at radius 1 is 1.20 bits per heavy atom. The molecule has 0 N–H and O–H groups in total. The van der Waals surface area contributed by atoms with E-state index < -0.39 is 0 Å². The van der Waals surface area contributed by atoms with Crippen molar-refractivity contribution in [1.82, 2.24) is 4.90 Å². The van der Waals surface area contributed by atoms with Crippen LogP contribution in [0.3, 0.4) is 0 Å². The molecule has 0 amide bonds. The molecule has 1 heterocycles. The molecule has 0 radical (unpaired) electrons. The van der Waals surface area contributed by atoms with Crippen molar-refractivity contribution >= 4 is 5.78 Å². The minimum absolute atomic E-state index is 0.433. The van der Waals surface area contributed by atoms with Crippen molar-refractivity contribution in [3.05, 3.63) is 0 Å². The molecule has 3 heteroatoms. The molecule has 0 bridgehead atoms. The Kier molecular flexibility index (Phi) is 6.60. The third kappa shape index (κ3) is 5.90. The Hall–Kier alpha value is -0.410. The molecule has 88 valence electrons. The molecule has 0 aromatic carbocycles. The summed E-state index contributed by atoms with van der Waals surface area (Å²) in [7, 11) is 0. The van der Waals surface area contributed by atoms with Crippen LogP contribution in [0.1, 0.15) is 39.0 Å². The van der Waals surface area contributed by atoms with E-state index in [2.05, 4.69) is 4.90 Å². The lowest BCUT2D eigenvalue weighted by molar-refractivity contribution is -0.121. The van der Waals surface area contributed by atoms with Crippen molar-refractivity contribution in [2.45, 2.75) is 39.0 Å². The summed E-state index contributed by atoms with van der Waals surface area (Å²) in [5, 5.41) is 0. The fourth-order valence-corrected chi connectivity index (χ4v) is 1.89. The molecule has 3 nitrogen and oxygen atoms in total. The van der Waals surface area contributed by atoms with Crippen LogP contribution in [-0.2, 0) is 9.53 Å². The van der Waals surface area contributed by atoms with Crippen molar-refractivity contribution in [2.24, 2.45) is 0 Å². The molecule has 1 saturated heterocycles. The molecule has 0 saturated carbocycles. The van der Waals surface area contributed by atoms with Gasteiger partial charge in [-0.15, -0.1) is 0 Å². The van der Waals surface area contributed by atoms with Gasteiger partial charge in [0.1, 0.15) is 5.78 Å². The van der Waals surface area contributed by atoms with E-state index in [0.717, 1.165) is 45.7 Å². The molecule has 1 fully saturated rings. The number of likely N-dealkylation sites (tertiary alicyclic amines) is 1. The van der Waals surface area contributed by atoms with E-state index >= 15 is 0 Å². The molecule has 0 spiro atoms. The van der Waals surface area contributed by atoms with E-state index in [-0.39, 0.29) is 0 Å². The summed E-state index contributed by atoms with van der Waals surface area (Å²) in [6.45, 7) is 6.86. The van der Waals surface area contributed by atoms with Crippen LogP contribution in [0.5, 0.6) is 0 Å². The quantitative estimate of drug-likeness (QED) is 0.605. The zero-order valence-electron chi connectivity index (χ0n) is 9.83. The second kappa shape index (κ2) is 7.83. The molecule has 0 unspecified atom stereocenters. The van der Waals surface area contributed by atoms with E-state index in [0.29, 0.717) is 5.78 Å². The van der Waals surface area contributed by atoms with Crippen molar-refractivity contribution < 1.29 is 9.53 Å². The van der Waals surface area contributed by atoms with Gasteiger partial charge in [-0.25, -0.2) is 0 Å². The zero-order chi connectivity index (χ0) is 10.9. The lowest BCUT2D eigenvalue weighted by Gasteiger charge is -2.25. The molecular formula is C12H23NO2. The lowest BCUT2D eigenvalue weighted by Crippen LogP contribution is -2.34. The summed E-state index contributed by atoms with van der Waals surface area (Å²) in [5.74, 6) is 0.433. The maximum Gasteiger partial charge on any atom is 0.135 e. The van der Waals surface area contributed by atoms with Gasteiger partial charge in [0.2, 0.25) is 0 Å². The summed E-state index contributed by atoms with van der Waals surface area (Å²) in [4.78, 5) is 13.4. The van der Waals surface area contributed by atoms with Crippen molar-refractivity contribution in [1.29, 1.82) is 0 Å². The van der Waals surface area contributed by atoms with E-state index in [1.807, 2.05) is 6.92 Å². The molecule has 1 aliphatic heterocycles. The predicted molar refractivity (Wildman–Crippen MR) is 61.0 cm³/mol. The van der Waals surface area contributed by atoms with Gasteiger partial charge >= 0.3 is 0 Å². The first-order valence-corrected chi connectivity index (χ1v) is 6.14. The Morgan fingerprint density at radius 2 is 1.93 bits per heavy atom. The first-order chi connectivity index (χ1) is 7.33. The van der Waals surface area contributed by atoms with Crippen LogP contribution in [0, 0.1) is 0 Å². The number of unbranched alkanes of at least 4 members (excludes halogenated alkanes) is 2. The van der Waals surface area contributed by atoms with Crippen molar-refractivity contribution in [2.75, 3.05) is 32.8 Å². The Balaban J connectivity index is 1.89. The van der Waals surface area contributed by atoms with Gasteiger partial charge in [0.25, 0.3) is 0 Å². The maximum atomic E-state index is 11.0. The summed E-state index contributed by atoms with van der Waals surface area (Å²) in [6.07, 6.45) is 5.17. The van der Waals surface area contributed by atoms with Gasteiger partial charge in [-0.3, -0.25) is 4.79 Å². The number of hydrogen-bond donors (Lipinski definition) is 0. The van der Waals surface area contributed by atoms with Crippen LogP contribution in [0.15, 0.2) is 0 Å². The smallest absolute Gasteiger partial charge is 0.135 e. The molecule has 1 aliphatic rings. The Labute approximate surface area is 92.8 Å². The number of rotatable bonds is 7. The number of carbonyl (C=O) groups excluding carboxylic acids is 1. The largest absolute Gasteiger partial charge is 0.382 e. The second-order valence-corrected chi connectivity index (χ2v) is 4.14. The summed E-state index contributed by atoms with van der Waals surface area (Å²) < 4.78 is 5.28. The second-order valence-electron chi connectivity index (χ2n) is 4.14. The topological polar surface area (TPSA) is 29.5 Å². The van der Waals surface area contributed by atoms with Crippen LogP contribution in [0.2, 0.25) is 0 Å². The van der Waals surface area contributed by atoms with Gasteiger partial charge < -0.3 is 9.64 Å². The molecule has 0 atom stereocenters. The fourth-order valence-electron chi connectivity index (χ4n) is 1.89.